The largest absolute Gasteiger partial charge is 0.268 e. The molecule has 0 radical (unpaired) electrons. The zero-order chi connectivity index (χ0) is 30.8. The molecule has 0 bridgehead atoms. The van der Waals surface area contributed by atoms with Crippen LogP contribution in [0.3, 0.4) is 0 Å². The molecule has 0 atom stereocenters. The number of nitrogens with zero attached hydrogens (tertiary/aromatic N) is 3. The molecule has 0 N–H and O–H groups in total. The van der Waals surface area contributed by atoms with Gasteiger partial charge >= 0.3 is 0 Å². The van der Waals surface area contributed by atoms with Crippen LogP contribution in [-0.2, 0) is 0 Å². The average molecular weight is 592 g/mol. The number of pyridine rings is 4. The summed E-state index contributed by atoms with van der Waals surface area (Å²) >= 11 is 0. The minimum Gasteiger partial charge on any atom is -0.268 e. The molecule has 4 heterocycles. The van der Waals surface area contributed by atoms with Crippen molar-refractivity contribution in [1.82, 2.24) is 14.4 Å². The molecule has 9 rings (SSSR count). The summed E-state index contributed by atoms with van der Waals surface area (Å²) in [5.41, 5.74) is 7.41. The van der Waals surface area contributed by atoms with Gasteiger partial charge in [-0.15, -0.1) is 0 Å². The molecule has 5 heteroatoms. The standard InChI is InChI=1S/C41H25N3O2/c45-40-33-17-9-8-16-32(33)34-23-31(24-35-37-36(41(46)44(40)38(34)35)22-27-15-10-18-42-39(27)43-37)30-20-28(25-11-4-1-2-5-12-25)19-29(21-30)26-13-6-3-7-14-26/h1,3-24H,2H2. The minimum atomic E-state index is -0.372. The molecular formula is C41H25N3O2. The second kappa shape index (κ2) is 10.2. The molecule has 46 heavy (non-hydrogen) atoms. The van der Waals surface area contributed by atoms with E-state index < -0.39 is 0 Å². The first-order chi connectivity index (χ1) is 22.6. The molecule has 0 fully saturated rings. The molecule has 4 aromatic heterocycles. The molecular weight excluding hydrogens is 566 g/mol. The third-order valence-electron chi connectivity index (χ3n) is 8.95. The number of fused-ring (bicyclic) bond motifs is 5. The first-order valence-electron chi connectivity index (χ1n) is 15.3. The Balaban J connectivity index is 1.44. The van der Waals surface area contributed by atoms with Gasteiger partial charge in [0.25, 0.3) is 11.1 Å². The van der Waals surface area contributed by atoms with E-state index in [9.17, 15) is 9.59 Å². The topological polar surface area (TPSA) is 64.3 Å². The number of allylic oxidation sites excluding steroid dienone is 6. The van der Waals surface area contributed by atoms with E-state index in [0.29, 0.717) is 27.5 Å². The molecule has 0 amide bonds. The second-order valence-corrected chi connectivity index (χ2v) is 11.7. The molecule has 8 aromatic rings. The first kappa shape index (κ1) is 26.2. The summed E-state index contributed by atoms with van der Waals surface area (Å²) in [6.45, 7) is 0. The fourth-order valence-corrected chi connectivity index (χ4v) is 6.77. The fourth-order valence-electron chi connectivity index (χ4n) is 6.77. The van der Waals surface area contributed by atoms with E-state index in [4.69, 9.17) is 4.98 Å². The van der Waals surface area contributed by atoms with Gasteiger partial charge in [-0.25, -0.2) is 14.4 Å². The third-order valence-corrected chi connectivity index (χ3v) is 8.95. The van der Waals surface area contributed by atoms with Crippen molar-refractivity contribution in [2.75, 3.05) is 0 Å². The van der Waals surface area contributed by atoms with Gasteiger partial charge in [0, 0.05) is 27.7 Å². The molecule has 0 spiro atoms. The van der Waals surface area contributed by atoms with Crippen molar-refractivity contribution in [2.24, 2.45) is 0 Å². The monoisotopic (exact) mass is 591 g/mol. The summed E-state index contributed by atoms with van der Waals surface area (Å²) in [5, 5.41) is 4.01. The number of hydrogen-bond acceptors (Lipinski definition) is 4. The van der Waals surface area contributed by atoms with Crippen molar-refractivity contribution >= 4 is 54.6 Å². The number of rotatable bonds is 3. The van der Waals surface area contributed by atoms with Crippen LogP contribution in [0.25, 0.3) is 76.8 Å². The quantitative estimate of drug-likeness (QED) is 0.152. The van der Waals surface area contributed by atoms with Crippen LogP contribution >= 0.6 is 0 Å². The van der Waals surface area contributed by atoms with Crippen LogP contribution in [0, 0.1) is 0 Å². The fraction of sp³-hybridized carbons (Fsp3) is 0.0244. The van der Waals surface area contributed by atoms with E-state index in [0.717, 1.165) is 61.4 Å². The van der Waals surface area contributed by atoms with Gasteiger partial charge in [0.1, 0.15) is 0 Å². The summed E-state index contributed by atoms with van der Waals surface area (Å²) in [4.78, 5) is 37.4. The lowest BCUT2D eigenvalue weighted by molar-refractivity contribution is 1.09. The van der Waals surface area contributed by atoms with E-state index in [1.807, 2.05) is 42.5 Å². The third kappa shape index (κ3) is 4.02. The SMILES string of the molecule is O=c1c2ccccc2c2cc(-c3cc(C4=CC=CCC=C4)cc(-c4ccccc4)c3)cc3c4nc5ncccc5cc4c(=O)n1c23. The maximum atomic E-state index is 14.1. The summed E-state index contributed by atoms with van der Waals surface area (Å²) in [7, 11) is 0. The Morgan fingerprint density at radius 1 is 0.587 bits per heavy atom. The Labute approximate surface area is 263 Å². The van der Waals surface area contributed by atoms with Crippen LogP contribution < -0.4 is 11.1 Å². The van der Waals surface area contributed by atoms with Gasteiger partial charge in [-0.3, -0.25) is 9.59 Å². The number of benzene rings is 4. The van der Waals surface area contributed by atoms with Crippen LogP contribution in [0.15, 0.2) is 149 Å². The van der Waals surface area contributed by atoms with Crippen molar-refractivity contribution in [1.29, 1.82) is 0 Å². The normalized spacial score (nSPS) is 13.3. The van der Waals surface area contributed by atoms with Crippen LogP contribution in [0.5, 0.6) is 0 Å². The Morgan fingerprint density at radius 3 is 2.17 bits per heavy atom. The van der Waals surface area contributed by atoms with Gasteiger partial charge in [-0.05, 0) is 99.8 Å². The number of aromatic nitrogens is 3. The van der Waals surface area contributed by atoms with E-state index >= 15 is 0 Å². The highest BCUT2D eigenvalue weighted by Crippen LogP contribution is 2.38. The summed E-state index contributed by atoms with van der Waals surface area (Å²) in [5.74, 6) is 0. The van der Waals surface area contributed by atoms with Gasteiger partial charge < -0.3 is 0 Å². The zero-order valence-electron chi connectivity index (χ0n) is 24.6. The van der Waals surface area contributed by atoms with E-state index in [2.05, 4.69) is 90.0 Å². The first-order valence-corrected chi connectivity index (χ1v) is 15.3. The van der Waals surface area contributed by atoms with Gasteiger partial charge in [-0.2, -0.15) is 0 Å². The lowest BCUT2D eigenvalue weighted by atomic mass is 9.91. The maximum absolute atomic E-state index is 14.1. The van der Waals surface area contributed by atoms with Gasteiger partial charge in [0.15, 0.2) is 5.65 Å². The molecule has 4 aromatic carbocycles. The summed E-state index contributed by atoms with van der Waals surface area (Å²) in [6.07, 6.45) is 13.3. The highest BCUT2D eigenvalue weighted by atomic mass is 16.2. The Hall–Kier alpha value is -6.20. The average Bonchev–Trinajstić information content (AvgIpc) is 3.41. The molecule has 1 aliphatic carbocycles. The summed E-state index contributed by atoms with van der Waals surface area (Å²) < 4.78 is 1.34. The van der Waals surface area contributed by atoms with Crippen molar-refractivity contribution in [3.63, 3.8) is 0 Å². The Morgan fingerprint density at radius 2 is 1.30 bits per heavy atom. The molecule has 0 aliphatic heterocycles. The molecule has 0 saturated carbocycles. The molecule has 1 aliphatic rings. The van der Waals surface area contributed by atoms with Gasteiger partial charge in [-0.1, -0.05) is 78.9 Å². The lowest BCUT2D eigenvalue weighted by Crippen LogP contribution is -2.27. The molecule has 216 valence electrons. The molecule has 0 unspecified atom stereocenters. The second-order valence-electron chi connectivity index (χ2n) is 11.7. The predicted molar refractivity (Wildman–Crippen MR) is 188 cm³/mol. The van der Waals surface area contributed by atoms with Crippen molar-refractivity contribution in [2.45, 2.75) is 6.42 Å². The number of hydrogen-bond donors (Lipinski definition) is 0. The van der Waals surface area contributed by atoms with Crippen LogP contribution in [0.2, 0.25) is 0 Å². The maximum Gasteiger partial charge on any atom is 0.267 e. The highest BCUT2D eigenvalue weighted by Gasteiger charge is 2.20. The molecule has 5 nitrogen and oxygen atoms in total. The summed E-state index contributed by atoms with van der Waals surface area (Å²) in [6, 6.07) is 34.3. The smallest absolute Gasteiger partial charge is 0.267 e. The zero-order valence-corrected chi connectivity index (χ0v) is 24.6. The predicted octanol–water partition coefficient (Wildman–Crippen LogP) is 8.73. The van der Waals surface area contributed by atoms with Crippen LogP contribution in [0.1, 0.15) is 12.0 Å². The Kier molecular flexibility index (Phi) is 5.80. The Bertz CT molecular complexity index is 2760. The molecule has 0 saturated heterocycles. The van der Waals surface area contributed by atoms with Crippen molar-refractivity contribution in [3.8, 4) is 22.3 Å². The van der Waals surface area contributed by atoms with Crippen molar-refractivity contribution in [3.05, 3.63) is 166 Å². The minimum absolute atomic E-state index is 0.326. The van der Waals surface area contributed by atoms with E-state index in [-0.39, 0.29) is 11.1 Å². The van der Waals surface area contributed by atoms with Crippen LogP contribution in [-0.4, -0.2) is 14.4 Å². The van der Waals surface area contributed by atoms with Gasteiger partial charge in [0.05, 0.1) is 16.4 Å². The van der Waals surface area contributed by atoms with Crippen molar-refractivity contribution < 1.29 is 0 Å². The van der Waals surface area contributed by atoms with E-state index in [1.54, 1.807) is 12.3 Å². The van der Waals surface area contributed by atoms with Crippen LogP contribution in [0.4, 0.5) is 0 Å². The van der Waals surface area contributed by atoms with Gasteiger partial charge in [0.2, 0.25) is 0 Å². The highest BCUT2D eigenvalue weighted by molar-refractivity contribution is 6.19. The lowest BCUT2D eigenvalue weighted by Gasteiger charge is -2.16. The van der Waals surface area contributed by atoms with E-state index in [1.165, 1.54) is 4.40 Å².